The van der Waals surface area contributed by atoms with Gasteiger partial charge in [-0.2, -0.15) is 0 Å². The third-order valence-electron chi connectivity index (χ3n) is 4.48. The van der Waals surface area contributed by atoms with E-state index < -0.39 is 0 Å². The molecule has 1 N–H and O–H groups in total. The smallest absolute Gasteiger partial charge is 0.193 e. The number of nitrogens with zero attached hydrogens (tertiary/aromatic N) is 2. The highest BCUT2D eigenvalue weighted by Gasteiger charge is 2.30. The SMILES string of the molecule is CCNC(Cc1cn2ccsc2n1)C1CCCC1C. The van der Waals surface area contributed by atoms with Crippen LogP contribution in [0.2, 0.25) is 0 Å². The van der Waals surface area contributed by atoms with Crippen LogP contribution in [0.5, 0.6) is 0 Å². The molecule has 4 heteroatoms. The average Bonchev–Trinajstić information content (AvgIpc) is 3.03. The maximum Gasteiger partial charge on any atom is 0.193 e. The van der Waals surface area contributed by atoms with Gasteiger partial charge in [0.15, 0.2) is 4.96 Å². The van der Waals surface area contributed by atoms with E-state index in [2.05, 4.69) is 41.3 Å². The summed E-state index contributed by atoms with van der Waals surface area (Å²) in [5.74, 6) is 1.67. The molecule has 19 heavy (non-hydrogen) atoms. The van der Waals surface area contributed by atoms with Gasteiger partial charge in [0.05, 0.1) is 5.69 Å². The minimum Gasteiger partial charge on any atom is -0.314 e. The first-order valence-electron chi connectivity index (χ1n) is 7.42. The van der Waals surface area contributed by atoms with E-state index in [0.717, 1.165) is 29.8 Å². The summed E-state index contributed by atoms with van der Waals surface area (Å²) in [5, 5.41) is 5.78. The molecule has 104 valence electrons. The lowest BCUT2D eigenvalue weighted by Crippen LogP contribution is -2.39. The molecule has 0 aliphatic heterocycles. The molecule has 1 fully saturated rings. The maximum absolute atomic E-state index is 4.73. The van der Waals surface area contributed by atoms with Gasteiger partial charge >= 0.3 is 0 Å². The number of nitrogens with one attached hydrogen (secondary N) is 1. The lowest BCUT2D eigenvalue weighted by atomic mass is 9.87. The van der Waals surface area contributed by atoms with Crippen molar-refractivity contribution in [1.29, 1.82) is 0 Å². The van der Waals surface area contributed by atoms with Crippen molar-refractivity contribution in [3.63, 3.8) is 0 Å². The van der Waals surface area contributed by atoms with Crippen molar-refractivity contribution < 1.29 is 0 Å². The number of hydrogen-bond acceptors (Lipinski definition) is 3. The van der Waals surface area contributed by atoms with Crippen molar-refractivity contribution >= 4 is 16.3 Å². The van der Waals surface area contributed by atoms with Crippen LogP contribution in [-0.2, 0) is 6.42 Å². The van der Waals surface area contributed by atoms with E-state index in [1.165, 1.54) is 25.0 Å². The van der Waals surface area contributed by atoms with Gasteiger partial charge in [-0.25, -0.2) is 4.98 Å². The first-order valence-corrected chi connectivity index (χ1v) is 8.30. The van der Waals surface area contributed by atoms with Crippen LogP contribution in [0.15, 0.2) is 17.8 Å². The van der Waals surface area contributed by atoms with E-state index >= 15 is 0 Å². The molecule has 0 amide bonds. The molecule has 1 aliphatic rings. The minimum absolute atomic E-state index is 0.590. The second kappa shape index (κ2) is 5.63. The lowest BCUT2D eigenvalue weighted by molar-refractivity contribution is 0.297. The number of rotatable bonds is 5. The molecule has 1 aliphatic carbocycles. The Morgan fingerprint density at radius 2 is 2.42 bits per heavy atom. The van der Waals surface area contributed by atoms with Gasteiger partial charge in [-0.05, 0) is 24.8 Å². The Bertz CT molecular complexity index is 502. The number of imidazole rings is 1. The summed E-state index contributed by atoms with van der Waals surface area (Å²) < 4.78 is 2.14. The summed E-state index contributed by atoms with van der Waals surface area (Å²) in [5.41, 5.74) is 1.23. The van der Waals surface area contributed by atoms with Crippen LogP contribution in [0.25, 0.3) is 4.96 Å². The summed E-state index contributed by atoms with van der Waals surface area (Å²) in [6.45, 7) is 5.67. The van der Waals surface area contributed by atoms with Gasteiger partial charge < -0.3 is 5.32 Å². The van der Waals surface area contributed by atoms with E-state index in [1.54, 1.807) is 11.3 Å². The third-order valence-corrected chi connectivity index (χ3v) is 5.25. The Labute approximate surface area is 119 Å². The van der Waals surface area contributed by atoms with Crippen LogP contribution >= 0.6 is 11.3 Å². The lowest BCUT2D eigenvalue weighted by Gasteiger charge is -2.27. The molecular weight excluding hydrogens is 254 g/mol. The summed E-state index contributed by atoms with van der Waals surface area (Å²) in [6, 6.07) is 0.590. The zero-order valence-electron chi connectivity index (χ0n) is 11.8. The van der Waals surface area contributed by atoms with E-state index in [9.17, 15) is 0 Å². The first-order chi connectivity index (χ1) is 9.28. The second-order valence-electron chi connectivity index (χ2n) is 5.77. The number of hydrogen-bond donors (Lipinski definition) is 1. The quantitative estimate of drug-likeness (QED) is 0.908. The number of likely N-dealkylation sites (N-methyl/N-ethyl adjacent to an activating group) is 1. The van der Waals surface area contributed by atoms with Gasteiger partial charge in [0.25, 0.3) is 0 Å². The van der Waals surface area contributed by atoms with Gasteiger partial charge in [-0.3, -0.25) is 4.40 Å². The fourth-order valence-corrected chi connectivity index (χ4v) is 4.23. The summed E-state index contributed by atoms with van der Waals surface area (Å²) >= 11 is 1.71. The monoisotopic (exact) mass is 277 g/mol. The van der Waals surface area contributed by atoms with Crippen LogP contribution in [0.3, 0.4) is 0 Å². The van der Waals surface area contributed by atoms with Crippen molar-refractivity contribution in [2.45, 2.75) is 45.6 Å². The molecule has 0 saturated heterocycles. The minimum atomic E-state index is 0.590. The molecule has 3 rings (SSSR count). The van der Waals surface area contributed by atoms with Gasteiger partial charge in [0.2, 0.25) is 0 Å². The highest BCUT2D eigenvalue weighted by molar-refractivity contribution is 7.15. The average molecular weight is 277 g/mol. The van der Waals surface area contributed by atoms with Crippen molar-refractivity contribution in [2.24, 2.45) is 11.8 Å². The van der Waals surface area contributed by atoms with Crippen LogP contribution < -0.4 is 5.32 Å². The molecule has 2 aromatic heterocycles. The molecule has 3 atom stereocenters. The Kier molecular flexibility index (Phi) is 3.89. The first kappa shape index (κ1) is 13.1. The number of fused-ring (bicyclic) bond motifs is 1. The third kappa shape index (κ3) is 2.70. The van der Waals surface area contributed by atoms with E-state index in [-0.39, 0.29) is 0 Å². The summed E-state index contributed by atoms with van der Waals surface area (Å²) in [6.07, 6.45) is 9.52. The topological polar surface area (TPSA) is 29.3 Å². The molecule has 1 saturated carbocycles. The van der Waals surface area contributed by atoms with Crippen LogP contribution in [-0.4, -0.2) is 22.0 Å². The number of thiazole rings is 1. The molecular formula is C15H23N3S. The van der Waals surface area contributed by atoms with Gasteiger partial charge in [-0.15, -0.1) is 11.3 Å². The molecule has 3 nitrogen and oxygen atoms in total. The Morgan fingerprint density at radius 1 is 1.53 bits per heavy atom. The fraction of sp³-hybridized carbons (Fsp3) is 0.667. The van der Waals surface area contributed by atoms with Crippen LogP contribution in [0.4, 0.5) is 0 Å². The molecule has 0 aromatic carbocycles. The van der Waals surface area contributed by atoms with Crippen molar-refractivity contribution in [2.75, 3.05) is 6.54 Å². The fourth-order valence-electron chi connectivity index (χ4n) is 3.51. The molecule has 2 heterocycles. The maximum atomic E-state index is 4.73. The molecule has 0 spiro atoms. The van der Waals surface area contributed by atoms with Crippen LogP contribution in [0, 0.1) is 11.8 Å². The molecule has 3 unspecified atom stereocenters. The van der Waals surface area contributed by atoms with E-state index in [4.69, 9.17) is 4.98 Å². The predicted molar refractivity (Wildman–Crippen MR) is 80.7 cm³/mol. The zero-order chi connectivity index (χ0) is 13.2. The van der Waals surface area contributed by atoms with Crippen molar-refractivity contribution in [3.8, 4) is 0 Å². The predicted octanol–water partition coefficient (Wildman–Crippen LogP) is 3.35. The van der Waals surface area contributed by atoms with Gasteiger partial charge in [-0.1, -0.05) is 26.7 Å². The number of aromatic nitrogens is 2. The summed E-state index contributed by atoms with van der Waals surface area (Å²) in [7, 11) is 0. The van der Waals surface area contributed by atoms with E-state index in [1.807, 2.05) is 0 Å². The van der Waals surface area contributed by atoms with Crippen molar-refractivity contribution in [3.05, 3.63) is 23.5 Å². The zero-order valence-corrected chi connectivity index (χ0v) is 12.6. The normalized spacial score (nSPS) is 25.2. The van der Waals surface area contributed by atoms with Crippen LogP contribution in [0.1, 0.15) is 38.8 Å². The molecule has 0 radical (unpaired) electrons. The Morgan fingerprint density at radius 3 is 3.11 bits per heavy atom. The Balaban J connectivity index is 1.75. The largest absolute Gasteiger partial charge is 0.314 e. The summed E-state index contributed by atoms with van der Waals surface area (Å²) in [4.78, 5) is 5.85. The highest BCUT2D eigenvalue weighted by atomic mass is 32.1. The highest BCUT2D eigenvalue weighted by Crippen LogP contribution is 2.34. The molecule has 2 aromatic rings. The standard InChI is InChI=1S/C15H23N3S/c1-3-16-14(13-6-4-5-11(13)2)9-12-10-18-7-8-19-15(18)17-12/h7-8,10-11,13-14,16H,3-6,9H2,1-2H3. The van der Waals surface area contributed by atoms with E-state index in [0.29, 0.717) is 6.04 Å². The van der Waals surface area contributed by atoms with Gasteiger partial charge in [0, 0.05) is 30.2 Å². The van der Waals surface area contributed by atoms with Gasteiger partial charge in [0.1, 0.15) is 0 Å². The second-order valence-corrected chi connectivity index (χ2v) is 6.64. The Hall–Kier alpha value is -0.870. The van der Waals surface area contributed by atoms with Crippen molar-refractivity contribution in [1.82, 2.24) is 14.7 Å². The molecule has 0 bridgehead atoms.